The SMILES string of the molecule is Cc1c[nH]c2nccc(-c3c(-c4ccc(C#N)cc4)nn4c3CN(C(=O)CCCl)CC4)c12. The second-order valence-corrected chi connectivity index (χ2v) is 8.27. The normalized spacial score (nSPS) is 13.2. The van der Waals surface area contributed by atoms with Crippen molar-refractivity contribution >= 4 is 28.5 Å². The van der Waals surface area contributed by atoms with E-state index in [1.807, 2.05) is 34.0 Å². The van der Waals surface area contributed by atoms with Crippen LogP contribution in [0.15, 0.2) is 42.7 Å². The molecule has 3 aromatic heterocycles. The second kappa shape index (κ2) is 8.13. The average molecular weight is 445 g/mol. The summed E-state index contributed by atoms with van der Waals surface area (Å²) >= 11 is 5.82. The van der Waals surface area contributed by atoms with Crippen LogP contribution in [-0.2, 0) is 17.9 Å². The Morgan fingerprint density at radius 1 is 1.25 bits per heavy atom. The molecule has 7 nitrogen and oxygen atoms in total. The van der Waals surface area contributed by atoms with Crippen LogP contribution in [-0.4, -0.2) is 43.0 Å². The molecule has 8 heteroatoms. The molecule has 0 unspecified atom stereocenters. The Labute approximate surface area is 190 Å². The van der Waals surface area contributed by atoms with E-state index in [0.29, 0.717) is 37.5 Å². The van der Waals surface area contributed by atoms with Crippen molar-refractivity contribution < 1.29 is 4.79 Å². The van der Waals surface area contributed by atoms with E-state index in [-0.39, 0.29) is 5.91 Å². The number of amides is 1. The Balaban J connectivity index is 1.73. The molecule has 1 aliphatic rings. The molecule has 0 radical (unpaired) electrons. The highest BCUT2D eigenvalue weighted by molar-refractivity contribution is 6.18. The summed E-state index contributed by atoms with van der Waals surface area (Å²) < 4.78 is 2.00. The smallest absolute Gasteiger partial charge is 0.224 e. The number of nitrogens with one attached hydrogen (secondary N) is 1. The molecule has 1 aromatic carbocycles. The molecule has 0 aliphatic carbocycles. The first kappa shape index (κ1) is 20.3. The summed E-state index contributed by atoms with van der Waals surface area (Å²) in [5.74, 6) is 0.363. The number of aromatic nitrogens is 4. The zero-order valence-corrected chi connectivity index (χ0v) is 18.4. The van der Waals surface area contributed by atoms with Crippen LogP contribution in [0.4, 0.5) is 0 Å². The Morgan fingerprint density at radius 3 is 2.81 bits per heavy atom. The minimum atomic E-state index is 0.0519. The summed E-state index contributed by atoms with van der Waals surface area (Å²) in [5.41, 5.74) is 7.30. The van der Waals surface area contributed by atoms with Crippen LogP contribution in [0.1, 0.15) is 23.2 Å². The highest BCUT2D eigenvalue weighted by Crippen LogP contribution is 2.40. The Morgan fingerprint density at radius 2 is 2.06 bits per heavy atom. The van der Waals surface area contributed by atoms with Gasteiger partial charge in [0.1, 0.15) is 11.3 Å². The molecule has 32 heavy (non-hydrogen) atoms. The van der Waals surface area contributed by atoms with Crippen molar-refractivity contribution in [2.75, 3.05) is 12.4 Å². The highest BCUT2D eigenvalue weighted by atomic mass is 35.5. The number of alkyl halides is 1. The van der Waals surface area contributed by atoms with Crippen molar-refractivity contribution in [2.24, 2.45) is 0 Å². The van der Waals surface area contributed by atoms with Gasteiger partial charge in [-0.25, -0.2) is 4.98 Å². The third-order valence-corrected chi connectivity index (χ3v) is 6.16. The molecule has 4 heterocycles. The largest absolute Gasteiger partial charge is 0.346 e. The number of fused-ring (bicyclic) bond motifs is 2. The first-order valence-corrected chi connectivity index (χ1v) is 11.0. The third-order valence-electron chi connectivity index (χ3n) is 5.97. The Hall–Kier alpha value is -3.63. The summed E-state index contributed by atoms with van der Waals surface area (Å²) in [6, 6.07) is 11.6. The number of pyridine rings is 1. The Kier molecular flexibility index (Phi) is 5.16. The van der Waals surface area contributed by atoms with Crippen LogP contribution in [0, 0.1) is 18.3 Å². The van der Waals surface area contributed by atoms with Crippen LogP contribution >= 0.6 is 11.6 Å². The van der Waals surface area contributed by atoms with E-state index in [0.717, 1.165) is 44.7 Å². The number of H-pyrrole nitrogens is 1. The van der Waals surface area contributed by atoms with Crippen LogP contribution in [0.3, 0.4) is 0 Å². The predicted octanol–water partition coefficient (Wildman–Crippen LogP) is 4.24. The monoisotopic (exact) mass is 444 g/mol. The first-order chi connectivity index (χ1) is 15.6. The minimum absolute atomic E-state index is 0.0519. The summed E-state index contributed by atoms with van der Waals surface area (Å²) in [4.78, 5) is 22.2. The van der Waals surface area contributed by atoms with Gasteiger partial charge in [0, 0.05) is 47.8 Å². The van der Waals surface area contributed by atoms with Crippen molar-refractivity contribution in [3.63, 3.8) is 0 Å². The maximum atomic E-state index is 12.6. The first-order valence-electron chi connectivity index (χ1n) is 10.5. The van der Waals surface area contributed by atoms with Crippen molar-refractivity contribution in [3.05, 3.63) is 59.5 Å². The molecular formula is C24H21ClN6O. The molecule has 1 amide bonds. The van der Waals surface area contributed by atoms with Crippen LogP contribution < -0.4 is 0 Å². The summed E-state index contributed by atoms with van der Waals surface area (Å²) in [5, 5.41) is 15.2. The van der Waals surface area contributed by atoms with E-state index < -0.39 is 0 Å². The number of halogens is 1. The molecule has 0 spiro atoms. The van der Waals surface area contributed by atoms with E-state index in [1.165, 1.54) is 0 Å². The summed E-state index contributed by atoms with van der Waals surface area (Å²) in [6.45, 7) is 3.75. The van der Waals surface area contributed by atoms with E-state index in [2.05, 4.69) is 23.0 Å². The van der Waals surface area contributed by atoms with Gasteiger partial charge in [0.2, 0.25) is 5.91 Å². The molecule has 0 atom stereocenters. The minimum Gasteiger partial charge on any atom is -0.346 e. The van der Waals surface area contributed by atoms with Gasteiger partial charge < -0.3 is 9.88 Å². The Bertz CT molecular complexity index is 1360. The second-order valence-electron chi connectivity index (χ2n) is 7.89. The number of hydrogen-bond donors (Lipinski definition) is 1. The zero-order valence-electron chi connectivity index (χ0n) is 17.6. The molecule has 0 saturated carbocycles. The molecule has 160 valence electrons. The number of benzene rings is 1. The lowest BCUT2D eigenvalue weighted by molar-refractivity contribution is -0.132. The zero-order chi connectivity index (χ0) is 22.2. The standard InChI is InChI=1S/C24H21ClN6O/c1-15-13-28-24-21(15)18(7-9-27-24)22-19-14-30(20(32)6-8-25)10-11-31(19)29-23(22)17-4-2-16(12-26)3-5-17/h2-5,7,9,13H,6,8,10-11,14H2,1H3,(H,27,28). The van der Waals surface area contributed by atoms with Gasteiger partial charge in [-0.1, -0.05) is 12.1 Å². The molecule has 0 saturated heterocycles. The lowest BCUT2D eigenvalue weighted by atomic mass is 9.95. The number of aryl methyl sites for hydroxylation is 1. The van der Waals surface area contributed by atoms with Crippen LogP contribution in [0.2, 0.25) is 0 Å². The quantitative estimate of drug-likeness (QED) is 0.476. The fourth-order valence-electron chi connectivity index (χ4n) is 4.38. The van der Waals surface area contributed by atoms with Crippen LogP contribution in [0.5, 0.6) is 0 Å². The van der Waals surface area contributed by atoms with Crippen molar-refractivity contribution in [3.8, 4) is 28.5 Å². The number of nitrogens with zero attached hydrogens (tertiary/aromatic N) is 5. The highest BCUT2D eigenvalue weighted by Gasteiger charge is 2.29. The predicted molar refractivity (Wildman–Crippen MR) is 123 cm³/mol. The van der Waals surface area contributed by atoms with E-state index >= 15 is 0 Å². The van der Waals surface area contributed by atoms with Gasteiger partial charge in [0.05, 0.1) is 30.4 Å². The molecule has 1 aliphatic heterocycles. The van der Waals surface area contributed by atoms with Gasteiger partial charge >= 0.3 is 0 Å². The molecular weight excluding hydrogens is 424 g/mol. The van der Waals surface area contributed by atoms with Crippen molar-refractivity contribution in [2.45, 2.75) is 26.4 Å². The van der Waals surface area contributed by atoms with E-state index in [4.69, 9.17) is 16.7 Å². The number of carbonyl (C=O) groups is 1. The third kappa shape index (κ3) is 3.33. The van der Waals surface area contributed by atoms with Crippen molar-refractivity contribution in [1.29, 1.82) is 5.26 Å². The van der Waals surface area contributed by atoms with Gasteiger partial charge in [-0.3, -0.25) is 9.48 Å². The molecule has 0 bridgehead atoms. The number of carbonyl (C=O) groups excluding carboxylic acids is 1. The molecule has 5 rings (SSSR count). The lowest BCUT2D eigenvalue weighted by Gasteiger charge is -2.28. The molecule has 1 N–H and O–H groups in total. The summed E-state index contributed by atoms with van der Waals surface area (Å²) in [7, 11) is 0. The maximum absolute atomic E-state index is 12.6. The van der Waals surface area contributed by atoms with Gasteiger partial charge in [0.15, 0.2) is 0 Å². The molecule has 0 fully saturated rings. The number of aromatic amines is 1. The average Bonchev–Trinajstić information content (AvgIpc) is 3.39. The van der Waals surface area contributed by atoms with E-state index in [9.17, 15) is 10.1 Å². The topological polar surface area (TPSA) is 90.6 Å². The van der Waals surface area contributed by atoms with Gasteiger partial charge in [0.25, 0.3) is 0 Å². The van der Waals surface area contributed by atoms with Gasteiger partial charge in [-0.2, -0.15) is 10.4 Å². The fraction of sp³-hybridized carbons (Fsp3) is 0.250. The number of nitriles is 1. The lowest BCUT2D eigenvalue weighted by Crippen LogP contribution is -2.38. The number of hydrogen-bond acceptors (Lipinski definition) is 4. The summed E-state index contributed by atoms with van der Waals surface area (Å²) in [6.07, 6.45) is 4.07. The van der Waals surface area contributed by atoms with E-state index in [1.54, 1.807) is 18.3 Å². The maximum Gasteiger partial charge on any atom is 0.224 e. The fourth-order valence-corrected chi connectivity index (χ4v) is 4.55. The molecule has 4 aromatic rings. The number of rotatable bonds is 4. The van der Waals surface area contributed by atoms with Crippen LogP contribution in [0.25, 0.3) is 33.4 Å². The van der Waals surface area contributed by atoms with Gasteiger partial charge in [-0.15, -0.1) is 11.6 Å². The van der Waals surface area contributed by atoms with Crippen molar-refractivity contribution in [1.82, 2.24) is 24.6 Å². The van der Waals surface area contributed by atoms with Gasteiger partial charge in [-0.05, 0) is 36.2 Å².